The van der Waals surface area contributed by atoms with Crippen molar-refractivity contribution in [2.45, 2.75) is 6.36 Å². The quantitative estimate of drug-likeness (QED) is 0.542. The highest BCUT2D eigenvalue weighted by atomic mass is 79.9. The van der Waals surface area contributed by atoms with Crippen LogP contribution in [0.5, 0.6) is 11.5 Å². The van der Waals surface area contributed by atoms with E-state index in [-0.39, 0.29) is 15.8 Å². The lowest BCUT2D eigenvalue weighted by molar-refractivity contribution is -0.274. The number of phenolic OH excluding ortho intramolecular Hbond substituents is 1. The molecule has 0 spiro atoms. The lowest BCUT2D eigenvalue weighted by Crippen LogP contribution is -2.17. The van der Waals surface area contributed by atoms with E-state index in [0.29, 0.717) is 10.9 Å². The second kappa shape index (κ2) is 6.40. The van der Waals surface area contributed by atoms with Crippen molar-refractivity contribution >= 4 is 44.4 Å². The number of aromatic nitrogens is 1. The summed E-state index contributed by atoms with van der Waals surface area (Å²) in [6, 6.07) is 1.99. The molecule has 4 N–H and O–H groups in total. The Hall–Kier alpha value is -2.01. The number of phenols is 1. The van der Waals surface area contributed by atoms with E-state index in [1.165, 1.54) is 11.3 Å². The summed E-state index contributed by atoms with van der Waals surface area (Å²) < 4.78 is 40.5. The van der Waals surface area contributed by atoms with Gasteiger partial charge in [-0.1, -0.05) is 0 Å². The van der Waals surface area contributed by atoms with Crippen molar-refractivity contribution in [3.63, 3.8) is 0 Å². The molecule has 0 aliphatic heterocycles. The Morgan fingerprint density at radius 2 is 2.18 bits per heavy atom. The van der Waals surface area contributed by atoms with Gasteiger partial charge in [-0.2, -0.15) is 5.10 Å². The zero-order valence-electron chi connectivity index (χ0n) is 10.6. The number of anilines is 2. The fraction of sp³-hybridized carbons (Fsp3) is 0.0909. The highest BCUT2D eigenvalue weighted by molar-refractivity contribution is 9.10. The van der Waals surface area contributed by atoms with E-state index in [9.17, 15) is 18.3 Å². The normalized spacial score (nSPS) is 11.8. The van der Waals surface area contributed by atoms with Crippen LogP contribution in [0, 0.1) is 0 Å². The summed E-state index contributed by atoms with van der Waals surface area (Å²) in [6.07, 6.45) is -3.71. The molecule has 0 fully saturated rings. The van der Waals surface area contributed by atoms with Gasteiger partial charge in [0, 0.05) is 10.9 Å². The van der Waals surface area contributed by atoms with Crippen molar-refractivity contribution in [1.82, 2.24) is 4.98 Å². The number of rotatable bonds is 4. The van der Waals surface area contributed by atoms with E-state index in [1.807, 2.05) is 0 Å². The highest BCUT2D eigenvalue weighted by Gasteiger charge is 2.31. The standard InChI is InChI=1S/C11H8BrF3N4O2S/c12-7-2-6(21-11(13,14)15)1-5(9(7)20)3-17-19-10-18-8(16)4-22-10/h1-4,20H,16H2,(H,18,19). The van der Waals surface area contributed by atoms with Crippen molar-refractivity contribution in [1.29, 1.82) is 0 Å². The number of thiazole rings is 1. The predicted octanol–water partition coefficient (Wildman–Crippen LogP) is 3.54. The van der Waals surface area contributed by atoms with Gasteiger partial charge in [-0.25, -0.2) is 4.98 Å². The topological polar surface area (TPSA) is 92.8 Å². The summed E-state index contributed by atoms with van der Waals surface area (Å²) >= 11 is 4.14. The van der Waals surface area contributed by atoms with Crippen LogP contribution in [0.25, 0.3) is 0 Å². The van der Waals surface area contributed by atoms with Gasteiger partial charge in [-0.05, 0) is 28.1 Å². The molecule has 6 nitrogen and oxygen atoms in total. The van der Waals surface area contributed by atoms with E-state index < -0.39 is 12.1 Å². The molecule has 0 unspecified atom stereocenters. The first-order valence-electron chi connectivity index (χ1n) is 5.53. The first-order chi connectivity index (χ1) is 10.2. The van der Waals surface area contributed by atoms with Crippen molar-refractivity contribution in [2.24, 2.45) is 5.10 Å². The van der Waals surface area contributed by atoms with Gasteiger partial charge in [-0.3, -0.25) is 5.43 Å². The lowest BCUT2D eigenvalue weighted by Gasteiger charge is -2.11. The molecule has 2 rings (SSSR count). The maximum Gasteiger partial charge on any atom is 0.573 e. The van der Waals surface area contributed by atoms with E-state index in [0.717, 1.165) is 18.3 Å². The van der Waals surface area contributed by atoms with Gasteiger partial charge < -0.3 is 15.6 Å². The van der Waals surface area contributed by atoms with Gasteiger partial charge in [0.15, 0.2) is 0 Å². The number of nitrogens with zero attached hydrogens (tertiary/aromatic N) is 2. The maximum absolute atomic E-state index is 12.2. The number of ether oxygens (including phenoxy) is 1. The molecule has 0 amide bonds. The number of hydrogen-bond acceptors (Lipinski definition) is 7. The summed E-state index contributed by atoms with van der Waals surface area (Å²) in [5, 5.41) is 15.5. The fourth-order valence-corrected chi connectivity index (χ4v) is 2.38. The van der Waals surface area contributed by atoms with Crippen molar-refractivity contribution in [3.8, 4) is 11.5 Å². The molecule has 0 aliphatic carbocycles. The first kappa shape index (κ1) is 16.4. The van der Waals surface area contributed by atoms with Gasteiger partial charge in [0.05, 0.1) is 10.7 Å². The Balaban J connectivity index is 2.18. The Morgan fingerprint density at radius 3 is 2.77 bits per heavy atom. The molecule has 0 saturated carbocycles. The average Bonchev–Trinajstić information content (AvgIpc) is 2.79. The lowest BCUT2D eigenvalue weighted by atomic mass is 10.2. The van der Waals surface area contributed by atoms with E-state index in [2.05, 4.69) is 36.2 Å². The Morgan fingerprint density at radius 1 is 1.45 bits per heavy atom. The van der Waals surface area contributed by atoms with Crippen molar-refractivity contribution in [3.05, 3.63) is 27.5 Å². The van der Waals surface area contributed by atoms with Crippen LogP contribution >= 0.6 is 27.3 Å². The minimum Gasteiger partial charge on any atom is -0.506 e. The smallest absolute Gasteiger partial charge is 0.506 e. The van der Waals surface area contributed by atoms with Crippen LogP contribution in [0.3, 0.4) is 0 Å². The molecule has 0 aliphatic rings. The molecule has 0 bridgehead atoms. The van der Waals surface area contributed by atoms with Crippen LogP contribution < -0.4 is 15.9 Å². The van der Waals surface area contributed by atoms with Crippen molar-refractivity contribution in [2.75, 3.05) is 11.2 Å². The fourth-order valence-electron chi connectivity index (χ4n) is 1.38. The third-order valence-electron chi connectivity index (χ3n) is 2.19. The predicted molar refractivity (Wildman–Crippen MR) is 80.2 cm³/mol. The second-order valence-corrected chi connectivity index (χ2v) is 5.55. The zero-order valence-corrected chi connectivity index (χ0v) is 13.0. The largest absolute Gasteiger partial charge is 0.573 e. The molecular weight excluding hydrogens is 389 g/mol. The first-order valence-corrected chi connectivity index (χ1v) is 7.20. The van der Waals surface area contributed by atoms with Crippen LogP contribution in [0.4, 0.5) is 24.1 Å². The maximum atomic E-state index is 12.2. The van der Waals surface area contributed by atoms with Gasteiger partial charge in [0.1, 0.15) is 17.3 Å². The number of nitrogens with two attached hydrogens (primary N) is 1. The number of alkyl halides is 3. The molecule has 118 valence electrons. The van der Waals surface area contributed by atoms with Crippen LogP contribution in [0.2, 0.25) is 0 Å². The Labute approximate surface area is 134 Å². The number of nitrogens with one attached hydrogen (secondary N) is 1. The molecule has 0 atom stereocenters. The molecule has 0 saturated heterocycles. The zero-order chi connectivity index (χ0) is 16.3. The molecule has 11 heteroatoms. The molecule has 1 aromatic carbocycles. The average molecular weight is 397 g/mol. The highest BCUT2D eigenvalue weighted by Crippen LogP contribution is 2.34. The van der Waals surface area contributed by atoms with Crippen LogP contribution in [0.1, 0.15) is 5.56 Å². The number of hydrogen-bond donors (Lipinski definition) is 3. The van der Waals surface area contributed by atoms with Crippen LogP contribution in [-0.4, -0.2) is 22.7 Å². The monoisotopic (exact) mass is 396 g/mol. The molecule has 1 aromatic heterocycles. The number of hydrazone groups is 1. The second-order valence-electron chi connectivity index (χ2n) is 3.84. The van der Waals surface area contributed by atoms with Crippen LogP contribution in [0.15, 0.2) is 27.1 Å². The minimum absolute atomic E-state index is 0.0191. The van der Waals surface area contributed by atoms with E-state index >= 15 is 0 Å². The molecule has 1 heterocycles. The molecule has 2 aromatic rings. The summed E-state index contributed by atoms with van der Waals surface area (Å²) in [5.41, 5.74) is 7.98. The summed E-state index contributed by atoms with van der Waals surface area (Å²) in [4.78, 5) is 3.87. The SMILES string of the molecule is Nc1csc(NN=Cc2cc(OC(F)(F)F)cc(Br)c2O)n1. The summed E-state index contributed by atoms with van der Waals surface area (Å²) in [7, 11) is 0. The number of benzene rings is 1. The molecule has 22 heavy (non-hydrogen) atoms. The summed E-state index contributed by atoms with van der Waals surface area (Å²) in [5.74, 6) is -0.454. The molecule has 0 radical (unpaired) electrons. The van der Waals surface area contributed by atoms with Gasteiger partial charge in [0.2, 0.25) is 5.13 Å². The minimum atomic E-state index is -4.83. The Bertz CT molecular complexity index is 705. The third kappa shape index (κ3) is 4.49. The van der Waals surface area contributed by atoms with Gasteiger partial charge in [-0.15, -0.1) is 24.5 Å². The van der Waals surface area contributed by atoms with Gasteiger partial charge in [0.25, 0.3) is 0 Å². The van der Waals surface area contributed by atoms with Crippen molar-refractivity contribution < 1.29 is 23.0 Å². The number of aromatic hydroxyl groups is 1. The number of halogens is 4. The Kier molecular flexibility index (Phi) is 4.76. The number of nitrogen functional groups attached to an aromatic ring is 1. The third-order valence-corrected chi connectivity index (χ3v) is 3.56. The van der Waals surface area contributed by atoms with Gasteiger partial charge >= 0.3 is 6.36 Å². The van der Waals surface area contributed by atoms with Crippen LogP contribution in [-0.2, 0) is 0 Å². The van der Waals surface area contributed by atoms with E-state index in [4.69, 9.17) is 5.73 Å². The van der Waals surface area contributed by atoms with E-state index in [1.54, 1.807) is 5.38 Å². The molecular formula is C11H8BrF3N4O2S. The summed E-state index contributed by atoms with van der Waals surface area (Å²) in [6.45, 7) is 0.